The molecule has 23 heavy (non-hydrogen) atoms. The van der Waals surface area contributed by atoms with Gasteiger partial charge in [0, 0.05) is 38.3 Å². The molecule has 2 aliphatic rings. The van der Waals surface area contributed by atoms with Crippen molar-refractivity contribution in [3.05, 3.63) is 30.1 Å². The summed E-state index contributed by atoms with van der Waals surface area (Å²) < 4.78 is 0. The molecule has 0 aromatic carbocycles. The third kappa shape index (κ3) is 4.28. The quantitative estimate of drug-likeness (QED) is 0.872. The van der Waals surface area contributed by atoms with Crippen LogP contribution in [-0.2, 0) is 16.1 Å². The van der Waals surface area contributed by atoms with E-state index in [1.54, 1.807) is 6.20 Å². The van der Waals surface area contributed by atoms with Gasteiger partial charge in [0.1, 0.15) is 0 Å². The first-order chi connectivity index (χ1) is 11.2. The minimum Gasteiger partial charge on any atom is -0.349 e. The summed E-state index contributed by atoms with van der Waals surface area (Å²) in [5.41, 5.74) is 0.868. The lowest BCUT2D eigenvalue weighted by Gasteiger charge is -2.36. The zero-order valence-corrected chi connectivity index (χ0v) is 13.4. The molecule has 6 heteroatoms. The third-order valence-corrected chi connectivity index (χ3v) is 4.67. The summed E-state index contributed by atoms with van der Waals surface area (Å²) in [5, 5.41) is 2.91. The number of amides is 2. The van der Waals surface area contributed by atoms with Crippen molar-refractivity contribution in [1.29, 1.82) is 0 Å². The number of aromatic nitrogens is 1. The molecule has 0 bridgehead atoms. The van der Waals surface area contributed by atoms with Gasteiger partial charge in [0.2, 0.25) is 11.8 Å². The summed E-state index contributed by atoms with van der Waals surface area (Å²) in [7, 11) is 0. The maximum atomic E-state index is 12.0. The van der Waals surface area contributed by atoms with E-state index >= 15 is 0 Å². The van der Waals surface area contributed by atoms with Gasteiger partial charge in [-0.25, -0.2) is 0 Å². The van der Waals surface area contributed by atoms with E-state index < -0.39 is 0 Å². The summed E-state index contributed by atoms with van der Waals surface area (Å²) in [4.78, 5) is 32.2. The number of nitrogens with one attached hydrogen (secondary N) is 1. The second kappa shape index (κ2) is 7.55. The maximum absolute atomic E-state index is 12.0. The molecule has 124 valence electrons. The predicted molar refractivity (Wildman–Crippen MR) is 86.5 cm³/mol. The first-order valence-electron chi connectivity index (χ1n) is 8.41. The van der Waals surface area contributed by atoms with Gasteiger partial charge in [0.15, 0.2) is 0 Å². The fourth-order valence-corrected chi connectivity index (χ4v) is 3.40. The minimum atomic E-state index is 0.0337. The Balaban J connectivity index is 1.38. The fourth-order valence-electron chi connectivity index (χ4n) is 3.40. The lowest BCUT2D eigenvalue weighted by atomic mass is 10.0. The lowest BCUT2D eigenvalue weighted by Crippen LogP contribution is -2.47. The summed E-state index contributed by atoms with van der Waals surface area (Å²) in [6, 6.07) is 6.05. The van der Waals surface area contributed by atoms with E-state index in [9.17, 15) is 9.59 Å². The molecule has 0 unspecified atom stereocenters. The number of nitrogens with zero attached hydrogens (tertiary/aromatic N) is 3. The molecule has 2 aliphatic heterocycles. The molecular weight excluding hydrogens is 292 g/mol. The van der Waals surface area contributed by atoms with Crippen LogP contribution in [0.3, 0.4) is 0 Å². The van der Waals surface area contributed by atoms with Crippen LogP contribution in [0.15, 0.2) is 24.4 Å². The molecule has 2 amide bonds. The van der Waals surface area contributed by atoms with Crippen molar-refractivity contribution in [2.75, 3.05) is 26.2 Å². The molecule has 6 nitrogen and oxygen atoms in total. The highest BCUT2D eigenvalue weighted by Crippen LogP contribution is 2.21. The fraction of sp³-hybridized carbons (Fsp3) is 0.588. The number of hydrogen-bond donors (Lipinski definition) is 1. The first kappa shape index (κ1) is 15.9. The highest BCUT2D eigenvalue weighted by molar-refractivity contribution is 5.78. The molecule has 1 aromatic heterocycles. The number of carbonyl (C=O) groups excluding carboxylic acids is 2. The lowest BCUT2D eigenvalue weighted by molar-refractivity contribution is -0.131. The summed E-state index contributed by atoms with van der Waals surface area (Å²) in [5.74, 6) is 0.336. The van der Waals surface area contributed by atoms with Gasteiger partial charge in [-0.3, -0.25) is 19.5 Å². The summed E-state index contributed by atoms with van der Waals surface area (Å²) in [6.45, 7) is 3.57. The van der Waals surface area contributed by atoms with E-state index in [4.69, 9.17) is 0 Å². The van der Waals surface area contributed by atoms with Gasteiger partial charge in [-0.15, -0.1) is 0 Å². The van der Waals surface area contributed by atoms with Crippen LogP contribution in [0.4, 0.5) is 0 Å². The molecule has 1 aromatic rings. The van der Waals surface area contributed by atoms with Gasteiger partial charge in [-0.1, -0.05) is 6.07 Å². The number of piperidine rings is 1. The van der Waals surface area contributed by atoms with Crippen LogP contribution in [0.1, 0.15) is 31.4 Å². The smallest absolute Gasteiger partial charge is 0.234 e. The Morgan fingerprint density at radius 1 is 1.26 bits per heavy atom. The van der Waals surface area contributed by atoms with Gasteiger partial charge >= 0.3 is 0 Å². The first-order valence-corrected chi connectivity index (χ1v) is 8.41. The second-order valence-electron chi connectivity index (χ2n) is 6.30. The van der Waals surface area contributed by atoms with Crippen LogP contribution in [0.5, 0.6) is 0 Å². The number of carbonyl (C=O) groups is 2. The topological polar surface area (TPSA) is 65.5 Å². The second-order valence-corrected chi connectivity index (χ2v) is 6.30. The van der Waals surface area contributed by atoms with E-state index in [1.807, 2.05) is 23.1 Å². The van der Waals surface area contributed by atoms with Crippen molar-refractivity contribution in [2.45, 2.75) is 38.3 Å². The average Bonchev–Trinajstić information content (AvgIpc) is 3.01. The Hall–Kier alpha value is -1.95. The van der Waals surface area contributed by atoms with Gasteiger partial charge in [0.25, 0.3) is 0 Å². The number of pyridine rings is 1. The molecule has 3 heterocycles. The monoisotopic (exact) mass is 316 g/mol. The zero-order valence-electron chi connectivity index (χ0n) is 13.4. The van der Waals surface area contributed by atoms with Gasteiger partial charge < -0.3 is 10.2 Å². The van der Waals surface area contributed by atoms with Gasteiger partial charge in [0.05, 0.1) is 18.8 Å². The molecule has 2 saturated heterocycles. The molecule has 0 atom stereocenters. The normalized spacial score (nSPS) is 20.0. The average molecular weight is 316 g/mol. The van der Waals surface area contributed by atoms with Crippen LogP contribution in [-0.4, -0.2) is 58.8 Å². The molecule has 3 rings (SSSR count). The van der Waals surface area contributed by atoms with Crippen molar-refractivity contribution < 1.29 is 9.59 Å². The van der Waals surface area contributed by atoms with E-state index in [1.165, 1.54) is 0 Å². The standard InChI is InChI=1S/C17H24N4O2/c22-16(19-12-14-4-1-2-8-18-14)13-20-10-6-15(7-11-20)21-9-3-5-17(21)23/h1-2,4,8,15H,3,5-7,9-13H2,(H,19,22). The van der Waals surface area contributed by atoms with Gasteiger partial charge in [-0.2, -0.15) is 0 Å². The van der Waals surface area contributed by atoms with Crippen LogP contribution < -0.4 is 5.32 Å². The molecule has 0 radical (unpaired) electrons. The molecular formula is C17H24N4O2. The Morgan fingerprint density at radius 3 is 2.74 bits per heavy atom. The third-order valence-electron chi connectivity index (χ3n) is 4.67. The van der Waals surface area contributed by atoms with Gasteiger partial charge in [-0.05, 0) is 31.4 Å². The Kier molecular flexibility index (Phi) is 5.23. The van der Waals surface area contributed by atoms with Crippen molar-refractivity contribution in [1.82, 2.24) is 20.1 Å². The van der Waals surface area contributed by atoms with Crippen LogP contribution in [0, 0.1) is 0 Å². The van der Waals surface area contributed by atoms with Crippen molar-refractivity contribution in [3.8, 4) is 0 Å². The van der Waals surface area contributed by atoms with Crippen LogP contribution in [0.2, 0.25) is 0 Å². The van der Waals surface area contributed by atoms with Crippen molar-refractivity contribution in [2.24, 2.45) is 0 Å². The molecule has 0 spiro atoms. The van der Waals surface area contributed by atoms with E-state index in [2.05, 4.69) is 15.2 Å². The van der Waals surface area contributed by atoms with Crippen molar-refractivity contribution >= 4 is 11.8 Å². The highest BCUT2D eigenvalue weighted by Gasteiger charge is 2.30. The maximum Gasteiger partial charge on any atom is 0.234 e. The van der Waals surface area contributed by atoms with E-state index in [-0.39, 0.29) is 5.91 Å². The Bertz CT molecular complexity index is 541. The number of hydrogen-bond acceptors (Lipinski definition) is 4. The zero-order chi connectivity index (χ0) is 16.1. The summed E-state index contributed by atoms with van der Waals surface area (Å²) in [6.07, 6.45) is 5.37. The highest BCUT2D eigenvalue weighted by atomic mass is 16.2. The van der Waals surface area contributed by atoms with E-state index in [0.717, 1.165) is 44.6 Å². The predicted octanol–water partition coefficient (Wildman–Crippen LogP) is 0.785. The molecule has 0 saturated carbocycles. The van der Waals surface area contributed by atoms with Crippen molar-refractivity contribution in [3.63, 3.8) is 0 Å². The Morgan fingerprint density at radius 2 is 2.09 bits per heavy atom. The molecule has 1 N–H and O–H groups in total. The number of rotatable bonds is 5. The molecule has 0 aliphatic carbocycles. The molecule has 2 fully saturated rings. The minimum absolute atomic E-state index is 0.0337. The number of likely N-dealkylation sites (tertiary alicyclic amines) is 2. The Labute approximate surface area is 136 Å². The largest absolute Gasteiger partial charge is 0.349 e. The van der Waals surface area contributed by atoms with E-state index in [0.29, 0.717) is 31.5 Å². The van der Waals surface area contributed by atoms with Crippen LogP contribution >= 0.6 is 0 Å². The van der Waals surface area contributed by atoms with Crippen LogP contribution in [0.25, 0.3) is 0 Å². The SMILES string of the molecule is O=C(CN1CCC(N2CCCC2=O)CC1)NCc1ccccn1. The summed E-state index contributed by atoms with van der Waals surface area (Å²) >= 11 is 0.